The lowest BCUT2D eigenvalue weighted by atomic mass is 10.3. The van der Waals surface area contributed by atoms with E-state index in [0.717, 1.165) is 0 Å². The van der Waals surface area contributed by atoms with Crippen molar-refractivity contribution in [2.45, 2.75) is 13.8 Å². The first-order valence-corrected chi connectivity index (χ1v) is 6.72. The minimum atomic E-state index is -2.51. The molecule has 1 aromatic carbocycles. The number of aromatic hydroxyl groups is 2. The summed E-state index contributed by atoms with van der Waals surface area (Å²) in [5.74, 6) is 0.0507. The molecule has 0 atom stereocenters. The average Bonchev–Trinajstić information content (AvgIpc) is 2.20. The summed E-state index contributed by atoms with van der Waals surface area (Å²) in [6, 6.07) is 4.15. The fourth-order valence-electron chi connectivity index (χ4n) is 1.40. The van der Waals surface area contributed by atoms with Gasteiger partial charge in [0.2, 0.25) is 0 Å². The molecule has 0 radical (unpaired) electrons. The summed E-state index contributed by atoms with van der Waals surface area (Å²) >= 11 is 0. The molecule has 78 valence electrons. The topological polar surface area (TPSA) is 57.5 Å². The van der Waals surface area contributed by atoms with Crippen LogP contribution in [0.15, 0.2) is 18.2 Å². The van der Waals surface area contributed by atoms with Gasteiger partial charge in [-0.3, -0.25) is 0 Å². The molecule has 0 aliphatic carbocycles. The van der Waals surface area contributed by atoms with Crippen LogP contribution in [0.3, 0.4) is 0 Å². The van der Waals surface area contributed by atoms with Crippen LogP contribution >= 0.6 is 7.14 Å². The second-order valence-corrected chi connectivity index (χ2v) is 6.72. The van der Waals surface area contributed by atoms with Crippen LogP contribution in [0.4, 0.5) is 0 Å². The van der Waals surface area contributed by atoms with Crippen molar-refractivity contribution >= 4 is 12.4 Å². The zero-order valence-corrected chi connectivity index (χ0v) is 9.29. The molecule has 0 aliphatic rings. The van der Waals surface area contributed by atoms with Gasteiger partial charge in [-0.05, 0) is 18.2 Å². The van der Waals surface area contributed by atoms with Gasteiger partial charge in [0, 0.05) is 12.3 Å². The van der Waals surface area contributed by atoms with Crippen molar-refractivity contribution < 1.29 is 14.8 Å². The zero-order valence-electron chi connectivity index (χ0n) is 8.40. The summed E-state index contributed by atoms with van der Waals surface area (Å²) in [7, 11) is -2.51. The van der Waals surface area contributed by atoms with Crippen LogP contribution in [0.1, 0.15) is 13.8 Å². The molecule has 0 heterocycles. The fourth-order valence-corrected chi connectivity index (χ4v) is 3.39. The van der Waals surface area contributed by atoms with E-state index in [0.29, 0.717) is 17.6 Å². The number of phenolic OH excluding ortho intramolecular Hbond substituents is 2. The van der Waals surface area contributed by atoms with Crippen molar-refractivity contribution in [1.29, 1.82) is 0 Å². The van der Waals surface area contributed by atoms with Gasteiger partial charge < -0.3 is 14.8 Å². The van der Waals surface area contributed by atoms with Gasteiger partial charge in [0.05, 0.1) is 5.30 Å². The molecule has 0 spiro atoms. The molecule has 14 heavy (non-hydrogen) atoms. The molecule has 4 heteroatoms. The Morgan fingerprint density at radius 3 is 2.29 bits per heavy atom. The van der Waals surface area contributed by atoms with Crippen LogP contribution in [0.25, 0.3) is 0 Å². The summed E-state index contributed by atoms with van der Waals surface area (Å²) in [5.41, 5.74) is 0. The van der Waals surface area contributed by atoms with Gasteiger partial charge in [-0.2, -0.15) is 0 Å². The van der Waals surface area contributed by atoms with Crippen LogP contribution < -0.4 is 5.30 Å². The van der Waals surface area contributed by atoms with Crippen LogP contribution in [-0.2, 0) is 4.57 Å². The van der Waals surface area contributed by atoms with Crippen molar-refractivity contribution in [3.8, 4) is 11.5 Å². The standard InChI is InChI=1S/C10H15O3P/c1-3-14(13,4-2)10-7-8(11)5-6-9(10)12/h5-7,11-12H,3-4H2,1-2H3. The Morgan fingerprint density at radius 1 is 1.21 bits per heavy atom. The molecule has 3 nitrogen and oxygen atoms in total. The molecule has 0 aliphatic heterocycles. The van der Waals surface area contributed by atoms with E-state index in [1.54, 1.807) is 0 Å². The van der Waals surface area contributed by atoms with E-state index < -0.39 is 7.14 Å². The van der Waals surface area contributed by atoms with Crippen molar-refractivity contribution in [2.24, 2.45) is 0 Å². The molecule has 0 saturated carbocycles. The zero-order chi connectivity index (χ0) is 10.8. The third-order valence-corrected chi connectivity index (χ3v) is 5.70. The molecule has 2 N–H and O–H groups in total. The molecular formula is C10H15O3P. The molecule has 0 fully saturated rings. The van der Waals surface area contributed by atoms with Crippen LogP contribution in [0, 0.1) is 0 Å². The first-order chi connectivity index (χ1) is 6.53. The van der Waals surface area contributed by atoms with Gasteiger partial charge in [-0.15, -0.1) is 0 Å². The highest BCUT2D eigenvalue weighted by molar-refractivity contribution is 7.71. The largest absolute Gasteiger partial charge is 0.508 e. The minimum Gasteiger partial charge on any atom is -0.508 e. The van der Waals surface area contributed by atoms with Gasteiger partial charge in [-0.1, -0.05) is 13.8 Å². The third kappa shape index (κ3) is 1.93. The lowest BCUT2D eigenvalue weighted by Gasteiger charge is -2.15. The van der Waals surface area contributed by atoms with Crippen molar-refractivity contribution in [3.63, 3.8) is 0 Å². The lowest BCUT2D eigenvalue weighted by Crippen LogP contribution is -2.08. The second-order valence-electron chi connectivity index (χ2n) is 3.19. The minimum absolute atomic E-state index is 0.00910. The highest BCUT2D eigenvalue weighted by Gasteiger charge is 2.23. The predicted octanol–water partition coefficient (Wildman–Crippen LogP) is 2.13. The van der Waals surface area contributed by atoms with E-state index >= 15 is 0 Å². The first-order valence-electron chi connectivity index (χ1n) is 4.64. The summed E-state index contributed by atoms with van der Waals surface area (Å²) in [6.45, 7) is 3.65. The normalized spacial score (nSPS) is 11.6. The van der Waals surface area contributed by atoms with E-state index in [9.17, 15) is 14.8 Å². The molecule has 0 aromatic heterocycles. The molecule has 0 bridgehead atoms. The summed E-state index contributed by atoms with van der Waals surface area (Å²) in [5, 5.41) is 19.2. The van der Waals surface area contributed by atoms with E-state index in [4.69, 9.17) is 0 Å². The van der Waals surface area contributed by atoms with Gasteiger partial charge in [0.25, 0.3) is 0 Å². The monoisotopic (exact) mass is 214 g/mol. The maximum Gasteiger partial charge on any atom is 0.126 e. The Bertz CT molecular complexity index is 366. The average molecular weight is 214 g/mol. The third-order valence-electron chi connectivity index (χ3n) is 2.42. The maximum atomic E-state index is 12.3. The fraction of sp³-hybridized carbons (Fsp3) is 0.400. The van der Waals surface area contributed by atoms with E-state index in [1.165, 1.54) is 18.2 Å². The maximum absolute atomic E-state index is 12.3. The van der Waals surface area contributed by atoms with Gasteiger partial charge in [-0.25, -0.2) is 0 Å². The Kier molecular flexibility index (Phi) is 3.22. The Morgan fingerprint density at radius 2 is 1.79 bits per heavy atom. The van der Waals surface area contributed by atoms with Crippen molar-refractivity contribution in [3.05, 3.63) is 18.2 Å². The Hall–Kier alpha value is -0.950. The van der Waals surface area contributed by atoms with Gasteiger partial charge in [0.1, 0.15) is 18.6 Å². The molecule has 0 saturated heterocycles. The van der Waals surface area contributed by atoms with Gasteiger partial charge in [0.15, 0.2) is 0 Å². The SMILES string of the molecule is CCP(=O)(CC)c1cc(O)ccc1O. The molecule has 1 rings (SSSR count). The highest BCUT2D eigenvalue weighted by atomic mass is 31.2. The van der Waals surface area contributed by atoms with Crippen LogP contribution in [0.2, 0.25) is 0 Å². The van der Waals surface area contributed by atoms with E-state index in [-0.39, 0.29) is 11.5 Å². The van der Waals surface area contributed by atoms with Crippen molar-refractivity contribution in [2.75, 3.05) is 12.3 Å². The summed E-state index contributed by atoms with van der Waals surface area (Å²) < 4.78 is 12.3. The predicted molar refractivity (Wildman–Crippen MR) is 58.1 cm³/mol. The Balaban J connectivity index is 3.30. The number of phenols is 2. The number of benzene rings is 1. The van der Waals surface area contributed by atoms with Crippen molar-refractivity contribution in [1.82, 2.24) is 0 Å². The van der Waals surface area contributed by atoms with Gasteiger partial charge >= 0.3 is 0 Å². The summed E-state index contributed by atoms with van der Waals surface area (Å²) in [4.78, 5) is 0. The molecule has 1 aromatic rings. The molecule has 0 unspecified atom stereocenters. The smallest absolute Gasteiger partial charge is 0.126 e. The number of rotatable bonds is 3. The summed E-state index contributed by atoms with van der Waals surface area (Å²) in [6.07, 6.45) is 1.00. The van der Waals surface area contributed by atoms with Crippen LogP contribution in [-0.4, -0.2) is 22.5 Å². The quantitative estimate of drug-likeness (QED) is 0.598. The number of hydrogen-bond acceptors (Lipinski definition) is 3. The Labute approximate surface area is 83.8 Å². The first kappa shape index (κ1) is 11.1. The molecular weight excluding hydrogens is 199 g/mol. The van der Waals surface area contributed by atoms with E-state index in [2.05, 4.69) is 0 Å². The molecule has 0 amide bonds. The van der Waals surface area contributed by atoms with E-state index in [1.807, 2.05) is 13.8 Å². The second kappa shape index (κ2) is 4.05. The number of hydrogen-bond donors (Lipinski definition) is 2. The highest BCUT2D eigenvalue weighted by Crippen LogP contribution is 2.46. The van der Waals surface area contributed by atoms with Crippen LogP contribution in [0.5, 0.6) is 11.5 Å². The lowest BCUT2D eigenvalue weighted by molar-refractivity contribution is 0.463.